The van der Waals surface area contributed by atoms with Gasteiger partial charge >= 0.3 is 0 Å². The molecule has 0 aliphatic heterocycles. The van der Waals surface area contributed by atoms with E-state index in [0.717, 1.165) is 24.8 Å². The molecule has 0 atom stereocenters. The summed E-state index contributed by atoms with van der Waals surface area (Å²) in [4.78, 5) is 11.0. The summed E-state index contributed by atoms with van der Waals surface area (Å²) in [5.41, 5.74) is 7.21. The number of Topliss-reactive ketones (excluding diaryl/α,β-unsaturated/α-hetero) is 1. The van der Waals surface area contributed by atoms with Crippen molar-refractivity contribution in [2.75, 3.05) is 5.73 Å². The molecule has 0 aliphatic rings. The first kappa shape index (κ1) is 24.1. The molecule has 0 saturated heterocycles. The van der Waals surface area contributed by atoms with Crippen LogP contribution in [0.3, 0.4) is 0 Å². The molecular weight excluding hydrogens is 356 g/mol. The molecule has 0 saturated carbocycles. The lowest BCUT2D eigenvalue weighted by molar-refractivity contribution is 0.0165. The minimum absolute atomic E-state index is 0.0662. The van der Waals surface area contributed by atoms with Crippen LogP contribution in [0.25, 0.3) is 0 Å². The van der Waals surface area contributed by atoms with E-state index in [0.29, 0.717) is 11.3 Å². The largest absolute Gasteiger partial charge is 0.374 e. The summed E-state index contributed by atoms with van der Waals surface area (Å²) < 4.78 is 24.6. The summed E-state index contributed by atoms with van der Waals surface area (Å²) in [6.07, 6.45) is 2.31. The minimum Gasteiger partial charge on any atom is -0.374 e. The Balaban J connectivity index is 0.000000458. The highest BCUT2D eigenvalue weighted by Crippen LogP contribution is 2.29. The summed E-state index contributed by atoms with van der Waals surface area (Å²) in [7, 11) is 0. The topological polar surface area (TPSA) is 68.9 Å². The van der Waals surface area contributed by atoms with Crippen LogP contribution in [-0.2, 0) is 12.3 Å². The van der Waals surface area contributed by atoms with Gasteiger partial charge in [0, 0.05) is 12.5 Å². The predicted octanol–water partition coefficient (Wildman–Crippen LogP) is 5.74. The maximum Gasteiger partial charge on any atom is 0.298 e. The van der Waals surface area contributed by atoms with Crippen LogP contribution in [0, 0.1) is 5.92 Å². The first-order valence-electron chi connectivity index (χ1n) is 8.66. The first-order valence-corrected chi connectivity index (χ1v) is 9.48. The smallest absolute Gasteiger partial charge is 0.298 e. The van der Waals surface area contributed by atoms with Crippen LogP contribution in [0.5, 0.6) is 0 Å². The number of ketones is 1. The summed E-state index contributed by atoms with van der Waals surface area (Å²) in [5.74, 6) is -2.04. The molecule has 146 valence electrons. The standard InChI is InChI=1S/C13H18O.C4H5F2N3S.C2H6/c1-10(2)4-5-12-6-8-13(9-7-12)11(3)14;1-4(5,6)2-8-9-3(7)10-2;1-2/h6-10H,4-5H2,1-3H3;1H3,(H2,7,9);1-2H3. The van der Waals surface area contributed by atoms with Crippen LogP contribution in [0.2, 0.25) is 0 Å². The van der Waals surface area contributed by atoms with Crippen molar-refractivity contribution >= 4 is 22.3 Å². The molecule has 1 heterocycles. The van der Waals surface area contributed by atoms with Gasteiger partial charge in [-0.1, -0.05) is 63.3 Å². The molecule has 0 bridgehead atoms. The Morgan fingerprint density at radius 2 is 1.73 bits per heavy atom. The van der Waals surface area contributed by atoms with Crippen molar-refractivity contribution in [1.29, 1.82) is 0 Å². The average Bonchev–Trinajstić information content (AvgIpc) is 3.02. The second kappa shape index (κ2) is 11.7. The predicted molar refractivity (Wildman–Crippen MR) is 105 cm³/mol. The van der Waals surface area contributed by atoms with Crippen molar-refractivity contribution in [3.05, 3.63) is 40.4 Å². The third kappa shape index (κ3) is 9.56. The Morgan fingerprint density at radius 1 is 1.19 bits per heavy atom. The molecule has 0 spiro atoms. The molecule has 4 nitrogen and oxygen atoms in total. The molecule has 0 radical (unpaired) electrons. The van der Waals surface area contributed by atoms with E-state index in [2.05, 4.69) is 36.2 Å². The minimum atomic E-state index is -2.92. The number of hydrogen-bond acceptors (Lipinski definition) is 5. The number of nitrogens with zero attached hydrogens (tertiary/aromatic N) is 2. The van der Waals surface area contributed by atoms with Gasteiger partial charge < -0.3 is 5.73 Å². The highest BCUT2D eigenvalue weighted by atomic mass is 32.1. The molecular formula is C19H29F2N3OS. The van der Waals surface area contributed by atoms with Gasteiger partial charge in [0.05, 0.1) is 0 Å². The van der Waals surface area contributed by atoms with E-state index >= 15 is 0 Å². The molecule has 0 unspecified atom stereocenters. The van der Waals surface area contributed by atoms with Crippen molar-refractivity contribution < 1.29 is 13.6 Å². The number of nitrogen functional groups attached to an aromatic ring is 1. The molecule has 1 aromatic carbocycles. The highest BCUT2D eigenvalue weighted by Gasteiger charge is 2.28. The Hall–Kier alpha value is -1.89. The average molecular weight is 386 g/mol. The number of aryl methyl sites for hydroxylation is 1. The van der Waals surface area contributed by atoms with E-state index in [9.17, 15) is 13.6 Å². The van der Waals surface area contributed by atoms with E-state index in [1.165, 1.54) is 12.0 Å². The van der Waals surface area contributed by atoms with Gasteiger partial charge in [-0.2, -0.15) is 8.78 Å². The van der Waals surface area contributed by atoms with Gasteiger partial charge in [-0.3, -0.25) is 4.79 Å². The van der Waals surface area contributed by atoms with Crippen LogP contribution in [0.4, 0.5) is 13.9 Å². The normalized spacial score (nSPS) is 10.5. The zero-order valence-electron chi connectivity index (χ0n) is 16.3. The van der Waals surface area contributed by atoms with Crippen LogP contribution in [0.1, 0.15) is 68.9 Å². The van der Waals surface area contributed by atoms with Crippen LogP contribution < -0.4 is 5.73 Å². The van der Waals surface area contributed by atoms with Gasteiger partial charge in [0.1, 0.15) is 0 Å². The number of rotatable bonds is 5. The van der Waals surface area contributed by atoms with Gasteiger partial charge in [-0.05, 0) is 31.2 Å². The lowest BCUT2D eigenvalue weighted by Crippen LogP contribution is -2.05. The summed E-state index contributed by atoms with van der Waals surface area (Å²) in [5, 5.41) is 6.15. The summed E-state index contributed by atoms with van der Waals surface area (Å²) >= 11 is 0.700. The van der Waals surface area contributed by atoms with E-state index < -0.39 is 5.92 Å². The van der Waals surface area contributed by atoms with Gasteiger partial charge in [0.25, 0.3) is 5.92 Å². The third-order valence-corrected chi connectivity index (χ3v) is 4.11. The third-order valence-electron chi connectivity index (χ3n) is 3.19. The molecule has 0 amide bonds. The van der Waals surface area contributed by atoms with Gasteiger partial charge in [-0.25, -0.2) is 0 Å². The van der Waals surface area contributed by atoms with Crippen molar-refractivity contribution in [2.24, 2.45) is 5.92 Å². The van der Waals surface area contributed by atoms with Gasteiger partial charge in [-0.15, -0.1) is 10.2 Å². The Morgan fingerprint density at radius 3 is 2.04 bits per heavy atom. The number of anilines is 1. The van der Waals surface area contributed by atoms with E-state index in [4.69, 9.17) is 5.73 Å². The number of carbonyl (C=O) groups excluding carboxylic acids is 1. The maximum atomic E-state index is 12.3. The van der Waals surface area contributed by atoms with Crippen LogP contribution >= 0.6 is 11.3 Å². The quantitative estimate of drug-likeness (QED) is 0.667. The molecule has 2 rings (SSSR count). The second-order valence-corrected chi connectivity index (χ2v) is 7.03. The molecule has 7 heteroatoms. The molecule has 2 N–H and O–H groups in total. The molecule has 0 aliphatic carbocycles. The molecule has 26 heavy (non-hydrogen) atoms. The number of aromatic nitrogens is 2. The molecule has 1 aromatic heterocycles. The summed E-state index contributed by atoms with van der Waals surface area (Å²) in [6.45, 7) is 10.8. The van der Waals surface area contributed by atoms with E-state index in [-0.39, 0.29) is 15.9 Å². The lowest BCUT2D eigenvalue weighted by atomic mass is 10.0. The number of hydrogen-bond donors (Lipinski definition) is 1. The number of nitrogens with two attached hydrogens (primary N) is 1. The number of halogens is 2. The molecule has 2 aromatic rings. The SMILES string of the molecule is CC.CC(=O)c1ccc(CCC(C)C)cc1.CC(F)(F)c1nnc(N)s1. The monoisotopic (exact) mass is 385 g/mol. The van der Waals surface area contributed by atoms with E-state index in [1.54, 1.807) is 6.92 Å². The highest BCUT2D eigenvalue weighted by molar-refractivity contribution is 7.15. The Kier molecular flexibility index (Phi) is 10.8. The zero-order chi connectivity index (χ0) is 20.3. The zero-order valence-corrected chi connectivity index (χ0v) is 17.2. The first-order chi connectivity index (χ1) is 12.1. The Bertz CT molecular complexity index is 650. The number of benzene rings is 1. The van der Waals surface area contributed by atoms with Crippen molar-refractivity contribution in [3.8, 4) is 0 Å². The van der Waals surface area contributed by atoms with Gasteiger partial charge in [0.2, 0.25) is 5.13 Å². The fourth-order valence-electron chi connectivity index (χ4n) is 1.77. The van der Waals surface area contributed by atoms with Crippen LogP contribution in [-0.4, -0.2) is 16.0 Å². The molecule has 0 fully saturated rings. The Labute approximate surface area is 158 Å². The van der Waals surface area contributed by atoms with E-state index in [1.807, 2.05) is 26.0 Å². The van der Waals surface area contributed by atoms with Crippen molar-refractivity contribution in [3.63, 3.8) is 0 Å². The van der Waals surface area contributed by atoms with Crippen molar-refractivity contribution in [2.45, 2.75) is 60.3 Å². The fraction of sp³-hybridized carbons (Fsp3) is 0.526. The van der Waals surface area contributed by atoms with Crippen molar-refractivity contribution in [1.82, 2.24) is 10.2 Å². The summed E-state index contributed by atoms with van der Waals surface area (Å²) in [6, 6.07) is 7.94. The van der Waals surface area contributed by atoms with Crippen LogP contribution in [0.15, 0.2) is 24.3 Å². The lowest BCUT2D eigenvalue weighted by Gasteiger charge is -2.04. The van der Waals surface area contributed by atoms with Gasteiger partial charge in [0.15, 0.2) is 10.8 Å². The fourth-order valence-corrected chi connectivity index (χ4v) is 2.31. The number of alkyl halides is 2. The number of carbonyl (C=O) groups is 1. The maximum absolute atomic E-state index is 12.3. The second-order valence-electron chi connectivity index (χ2n) is 6.02.